The Morgan fingerprint density at radius 2 is 2.05 bits per heavy atom. The first-order valence-corrected chi connectivity index (χ1v) is 11.9. The smallest absolute Gasteiger partial charge is 0.247 e. The summed E-state index contributed by atoms with van der Waals surface area (Å²) in [6.07, 6.45) is 5.37. The number of aromatic nitrogens is 7. The third-order valence-corrected chi connectivity index (χ3v) is 7.20. The molecule has 2 aliphatic rings. The number of carbonyl (C=O) groups is 1. The fourth-order valence-corrected chi connectivity index (χ4v) is 5.52. The lowest BCUT2D eigenvalue weighted by atomic mass is 9.91. The summed E-state index contributed by atoms with van der Waals surface area (Å²) in [5, 5.41) is 11.1. The van der Waals surface area contributed by atoms with Crippen molar-refractivity contribution in [1.82, 2.24) is 40.1 Å². The summed E-state index contributed by atoms with van der Waals surface area (Å²) in [6.45, 7) is 2.02. The van der Waals surface area contributed by atoms with Gasteiger partial charge in [0.2, 0.25) is 11.9 Å². The number of hydrogen-bond acceptors (Lipinski definition) is 7. The number of nitrogens with zero attached hydrogens (tertiary/aromatic N) is 7. The predicted octanol–water partition coefficient (Wildman–Crippen LogP) is 3.73. The minimum absolute atomic E-state index is 0.0401. The molecular formula is C24H20ClF2N9O. The van der Waals surface area contributed by atoms with E-state index in [1.54, 1.807) is 11.0 Å². The van der Waals surface area contributed by atoms with Crippen LogP contribution < -0.4 is 5.73 Å². The molecular weight excluding hydrogens is 504 g/mol. The van der Waals surface area contributed by atoms with Crippen molar-refractivity contribution in [2.75, 3.05) is 5.73 Å². The van der Waals surface area contributed by atoms with Crippen LogP contribution in [0.3, 0.4) is 0 Å². The van der Waals surface area contributed by atoms with E-state index in [-0.39, 0.29) is 45.9 Å². The maximum atomic E-state index is 15.3. The van der Waals surface area contributed by atoms with Gasteiger partial charge in [-0.25, -0.2) is 14.4 Å². The number of imidazole rings is 1. The lowest BCUT2D eigenvalue weighted by Gasteiger charge is -2.33. The molecule has 0 aliphatic carbocycles. The molecule has 1 saturated heterocycles. The van der Waals surface area contributed by atoms with Crippen molar-refractivity contribution in [3.63, 3.8) is 0 Å². The van der Waals surface area contributed by atoms with Crippen molar-refractivity contribution in [2.24, 2.45) is 5.92 Å². The van der Waals surface area contributed by atoms with Gasteiger partial charge >= 0.3 is 0 Å². The SMILES string of the molecule is CC1CC2CC(c3c(-n4cnnn4)ccc(Cl)c3F)=CC(=O)N2C1c1ncc(-c2ccc(N)nc2F)[nH]1. The number of fused-ring (bicyclic) bond motifs is 1. The summed E-state index contributed by atoms with van der Waals surface area (Å²) >= 11 is 6.10. The number of pyridine rings is 1. The maximum absolute atomic E-state index is 15.3. The zero-order valence-corrected chi connectivity index (χ0v) is 20.2. The number of halogens is 3. The Labute approximate surface area is 214 Å². The van der Waals surface area contributed by atoms with E-state index in [0.717, 1.165) is 0 Å². The predicted molar refractivity (Wildman–Crippen MR) is 130 cm³/mol. The van der Waals surface area contributed by atoms with Crippen LogP contribution >= 0.6 is 11.6 Å². The standard InChI is InChI=1S/C24H20ClF2N9O/c1-11-6-13-7-12(20-17(35-10-30-33-34-35)4-3-15(25)21(20)26)8-19(37)36(13)22(11)24-29-9-16(31-24)14-2-5-18(28)32-23(14)27/h2-5,8-11,13,22H,6-7H2,1H3,(H2,28,32)(H,29,31). The molecule has 5 heterocycles. The van der Waals surface area contributed by atoms with Crippen molar-refractivity contribution in [3.8, 4) is 16.9 Å². The number of hydrogen-bond donors (Lipinski definition) is 2. The van der Waals surface area contributed by atoms with Crippen LogP contribution in [0, 0.1) is 17.7 Å². The molecule has 3 unspecified atom stereocenters. The zero-order valence-electron chi connectivity index (χ0n) is 19.4. The Balaban J connectivity index is 1.36. The van der Waals surface area contributed by atoms with Crippen LogP contribution in [0.2, 0.25) is 5.02 Å². The summed E-state index contributed by atoms with van der Waals surface area (Å²) in [6, 6.07) is 5.51. The molecule has 3 N–H and O–H groups in total. The summed E-state index contributed by atoms with van der Waals surface area (Å²) in [7, 11) is 0. The number of nitrogen functional groups attached to an aromatic ring is 1. The number of nitrogens with one attached hydrogen (secondary N) is 1. The normalized spacial score (nSPS) is 21.3. The second kappa shape index (κ2) is 8.73. The van der Waals surface area contributed by atoms with E-state index < -0.39 is 11.8 Å². The van der Waals surface area contributed by atoms with E-state index in [2.05, 4.69) is 30.5 Å². The molecule has 4 aromatic rings. The van der Waals surface area contributed by atoms with Gasteiger partial charge < -0.3 is 15.6 Å². The van der Waals surface area contributed by atoms with Crippen molar-refractivity contribution >= 4 is 28.9 Å². The number of aromatic amines is 1. The summed E-state index contributed by atoms with van der Waals surface area (Å²) in [4.78, 5) is 26.5. The van der Waals surface area contributed by atoms with E-state index in [1.807, 2.05) is 6.92 Å². The van der Waals surface area contributed by atoms with E-state index in [9.17, 15) is 9.18 Å². The Morgan fingerprint density at radius 3 is 2.81 bits per heavy atom. The van der Waals surface area contributed by atoms with Gasteiger partial charge in [-0.1, -0.05) is 18.5 Å². The van der Waals surface area contributed by atoms with Crippen molar-refractivity contribution in [1.29, 1.82) is 0 Å². The highest BCUT2D eigenvalue weighted by molar-refractivity contribution is 6.31. The summed E-state index contributed by atoms with van der Waals surface area (Å²) in [5.74, 6) is -0.973. The first-order valence-electron chi connectivity index (χ1n) is 11.5. The Bertz CT molecular complexity index is 1550. The first-order chi connectivity index (χ1) is 17.8. The molecule has 10 nitrogen and oxygen atoms in total. The Hall–Kier alpha value is -4.19. The molecule has 37 heavy (non-hydrogen) atoms. The van der Waals surface area contributed by atoms with Crippen LogP contribution in [0.1, 0.15) is 37.2 Å². The highest BCUT2D eigenvalue weighted by Crippen LogP contribution is 2.46. The van der Waals surface area contributed by atoms with E-state index in [0.29, 0.717) is 35.6 Å². The fourth-order valence-electron chi connectivity index (χ4n) is 5.36. The van der Waals surface area contributed by atoms with Gasteiger partial charge in [-0.15, -0.1) is 5.10 Å². The van der Waals surface area contributed by atoms with Gasteiger partial charge in [0.1, 0.15) is 18.0 Å². The van der Waals surface area contributed by atoms with Crippen molar-refractivity contribution < 1.29 is 13.6 Å². The fraction of sp³-hybridized carbons (Fsp3) is 0.250. The van der Waals surface area contributed by atoms with Crippen molar-refractivity contribution in [2.45, 2.75) is 31.8 Å². The molecule has 13 heteroatoms. The molecule has 1 amide bonds. The molecule has 0 spiro atoms. The highest BCUT2D eigenvalue weighted by atomic mass is 35.5. The first kappa shape index (κ1) is 23.2. The Morgan fingerprint density at radius 1 is 1.22 bits per heavy atom. The largest absolute Gasteiger partial charge is 0.384 e. The monoisotopic (exact) mass is 523 g/mol. The van der Waals surface area contributed by atoms with Crippen LogP contribution in [-0.2, 0) is 4.79 Å². The summed E-state index contributed by atoms with van der Waals surface area (Å²) in [5.41, 5.74) is 7.31. The topological polar surface area (TPSA) is 132 Å². The quantitative estimate of drug-likeness (QED) is 0.389. The van der Waals surface area contributed by atoms with Gasteiger partial charge in [0.25, 0.3) is 0 Å². The van der Waals surface area contributed by atoms with Gasteiger partial charge in [-0.2, -0.15) is 9.07 Å². The highest BCUT2D eigenvalue weighted by Gasteiger charge is 2.46. The van der Waals surface area contributed by atoms with Gasteiger partial charge in [0.05, 0.1) is 34.2 Å². The van der Waals surface area contributed by atoms with E-state index in [4.69, 9.17) is 17.3 Å². The zero-order chi connectivity index (χ0) is 25.8. The third kappa shape index (κ3) is 3.84. The minimum Gasteiger partial charge on any atom is -0.384 e. The average Bonchev–Trinajstić information content (AvgIpc) is 3.60. The lowest BCUT2D eigenvalue weighted by Crippen LogP contribution is -2.40. The average molecular weight is 524 g/mol. The molecule has 0 bridgehead atoms. The number of amides is 1. The van der Waals surface area contributed by atoms with Crippen LogP contribution in [0.15, 0.2) is 42.9 Å². The molecule has 3 atom stereocenters. The number of tetrazole rings is 1. The Kier molecular flexibility index (Phi) is 5.48. The number of nitrogens with two attached hydrogens (primary N) is 1. The second-order valence-corrected chi connectivity index (χ2v) is 9.60. The third-order valence-electron chi connectivity index (χ3n) is 6.91. The molecule has 188 valence electrons. The van der Waals surface area contributed by atoms with E-state index in [1.165, 1.54) is 41.5 Å². The van der Waals surface area contributed by atoms with Crippen LogP contribution in [0.4, 0.5) is 14.6 Å². The van der Waals surface area contributed by atoms with Gasteiger partial charge in [-0.05, 0) is 59.0 Å². The van der Waals surface area contributed by atoms with E-state index >= 15 is 4.39 Å². The minimum atomic E-state index is -0.712. The van der Waals surface area contributed by atoms with Crippen LogP contribution in [0.5, 0.6) is 0 Å². The molecule has 1 aromatic carbocycles. The molecule has 0 radical (unpaired) electrons. The van der Waals surface area contributed by atoms with Crippen LogP contribution in [0.25, 0.3) is 22.5 Å². The molecule has 0 saturated carbocycles. The number of carbonyl (C=O) groups excluding carboxylic acids is 1. The van der Waals surface area contributed by atoms with Gasteiger partial charge in [0, 0.05) is 17.7 Å². The molecule has 3 aromatic heterocycles. The number of benzene rings is 1. The molecule has 2 aliphatic heterocycles. The number of rotatable bonds is 4. The van der Waals surface area contributed by atoms with Gasteiger partial charge in [-0.3, -0.25) is 4.79 Å². The molecule has 1 fully saturated rings. The second-order valence-electron chi connectivity index (χ2n) is 9.20. The van der Waals surface area contributed by atoms with Crippen molar-refractivity contribution in [3.05, 3.63) is 71.0 Å². The molecule has 6 rings (SSSR count). The summed E-state index contributed by atoms with van der Waals surface area (Å²) < 4.78 is 31.0. The van der Waals surface area contributed by atoms with Crippen LogP contribution in [-0.4, -0.2) is 52.0 Å². The lowest BCUT2D eigenvalue weighted by molar-refractivity contribution is -0.129. The number of anilines is 1. The van der Waals surface area contributed by atoms with Gasteiger partial charge in [0.15, 0.2) is 5.82 Å². The number of H-pyrrole nitrogens is 1. The maximum Gasteiger partial charge on any atom is 0.247 e.